The van der Waals surface area contributed by atoms with Crippen LogP contribution in [0.3, 0.4) is 0 Å². The normalized spacial score (nSPS) is 10.1. The van der Waals surface area contributed by atoms with Gasteiger partial charge >= 0.3 is 0 Å². The van der Waals surface area contributed by atoms with Gasteiger partial charge in [0, 0.05) is 11.4 Å². The lowest BCUT2D eigenvalue weighted by molar-refractivity contribution is -0.114. The van der Waals surface area contributed by atoms with Crippen molar-refractivity contribution in [1.29, 1.82) is 0 Å². The molecular formula is C20H24N2O2. The summed E-state index contributed by atoms with van der Waals surface area (Å²) >= 11 is 0. The summed E-state index contributed by atoms with van der Waals surface area (Å²) in [7, 11) is 0. The van der Waals surface area contributed by atoms with Crippen LogP contribution in [0.2, 0.25) is 0 Å². The van der Waals surface area contributed by atoms with Gasteiger partial charge in [0.2, 0.25) is 5.91 Å². The number of ether oxygens (including phenoxy) is 1. The van der Waals surface area contributed by atoms with Gasteiger partial charge in [-0.1, -0.05) is 24.3 Å². The highest BCUT2D eigenvalue weighted by molar-refractivity contribution is 5.94. The van der Waals surface area contributed by atoms with Gasteiger partial charge in [0.15, 0.2) is 0 Å². The Labute approximate surface area is 143 Å². The molecule has 0 radical (unpaired) electrons. The Morgan fingerprint density at radius 3 is 2.46 bits per heavy atom. The van der Waals surface area contributed by atoms with Gasteiger partial charge in [0.1, 0.15) is 12.4 Å². The highest BCUT2D eigenvalue weighted by atomic mass is 16.5. The van der Waals surface area contributed by atoms with Crippen LogP contribution in [-0.2, 0) is 4.79 Å². The van der Waals surface area contributed by atoms with E-state index < -0.39 is 0 Å². The molecule has 0 fully saturated rings. The number of nitrogens with one attached hydrogen (secondary N) is 2. The van der Waals surface area contributed by atoms with E-state index in [-0.39, 0.29) is 12.5 Å². The summed E-state index contributed by atoms with van der Waals surface area (Å²) in [4.78, 5) is 12.1. The highest BCUT2D eigenvalue weighted by Gasteiger charge is 2.05. The van der Waals surface area contributed by atoms with E-state index in [1.54, 1.807) is 0 Å². The number of hydrogen-bond donors (Lipinski definition) is 2. The molecule has 0 aliphatic heterocycles. The lowest BCUT2D eigenvalue weighted by Gasteiger charge is -2.11. The van der Waals surface area contributed by atoms with E-state index in [1.165, 1.54) is 5.56 Å². The van der Waals surface area contributed by atoms with Gasteiger partial charge in [-0.3, -0.25) is 4.79 Å². The first-order valence-electron chi connectivity index (χ1n) is 7.92. The Morgan fingerprint density at radius 2 is 1.83 bits per heavy atom. The van der Waals surface area contributed by atoms with E-state index in [9.17, 15) is 4.79 Å². The summed E-state index contributed by atoms with van der Waals surface area (Å²) in [5, 5.41) is 6.02. The zero-order chi connectivity index (χ0) is 17.5. The van der Waals surface area contributed by atoms with Crippen LogP contribution < -0.4 is 15.4 Å². The van der Waals surface area contributed by atoms with Crippen molar-refractivity contribution in [2.45, 2.75) is 20.8 Å². The smallest absolute Gasteiger partial charge is 0.243 e. The fraction of sp³-hybridized carbons (Fsp3) is 0.250. The summed E-state index contributed by atoms with van der Waals surface area (Å²) in [6.45, 7) is 10.5. The monoisotopic (exact) mass is 324 g/mol. The fourth-order valence-corrected chi connectivity index (χ4v) is 2.21. The molecule has 0 saturated heterocycles. The predicted octanol–water partition coefficient (Wildman–Crippen LogP) is 4.31. The maximum Gasteiger partial charge on any atom is 0.243 e. The summed E-state index contributed by atoms with van der Waals surface area (Å²) in [6.07, 6.45) is 0. The number of carbonyl (C=O) groups is 1. The van der Waals surface area contributed by atoms with Crippen LogP contribution in [0.1, 0.15) is 18.1 Å². The topological polar surface area (TPSA) is 50.4 Å². The van der Waals surface area contributed by atoms with Crippen LogP contribution in [0.4, 0.5) is 11.4 Å². The van der Waals surface area contributed by atoms with Gasteiger partial charge in [0.05, 0.1) is 6.54 Å². The van der Waals surface area contributed by atoms with Crippen LogP contribution >= 0.6 is 0 Å². The molecule has 0 aromatic heterocycles. The maximum atomic E-state index is 12.1. The molecule has 24 heavy (non-hydrogen) atoms. The second-order valence-electron chi connectivity index (χ2n) is 5.99. The van der Waals surface area contributed by atoms with E-state index in [4.69, 9.17) is 4.74 Å². The molecule has 4 heteroatoms. The zero-order valence-corrected chi connectivity index (χ0v) is 14.5. The van der Waals surface area contributed by atoms with Gasteiger partial charge in [-0.05, 0) is 62.2 Å². The number of benzene rings is 2. The molecule has 126 valence electrons. The number of anilines is 2. The highest BCUT2D eigenvalue weighted by Crippen LogP contribution is 2.17. The summed E-state index contributed by atoms with van der Waals surface area (Å²) in [6, 6.07) is 13.5. The standard InChI is InChI=1S/C20H24N2O2/c1-14(2)13-24-18-8-6-17(7-9-18)21-12-20(23)22-19-10-5-15(3)11-16(19)4/h5-11,21H,1,12-13H2,2-4H3,(H,22,23). The fourth-order valence-electron chi connectivity index (χ4n) is 2.21. The lowest BCUT2D eigenvalue weighted by atomic mass is 10.1. The Bertz CT molecular complexity index is 721. The van der Waals surface area contributed by atoms with Crippen LogP contribution in [0, 0.1) is 13.8 Å². The van der Waals surface area contributed by atoms with Gasteiger partial charge in [-0.2, -0.15) is 0 Å². The van der Waals surface area contributed by atoms with Crippen molar-refractivity contribution in [2.75, 3.05) is 23.8 Å². The molecule has 0 saturated carbocycles. The molecule has 0 spiro atoms. The minimum absolute atomic E-state index is 0.0791. The second kappa shape index (κ2) is 8.20. The first kappa shape index (κ1) is 17.6. The molecule has 0 aliphatic rings. The first-order chi connectivity index (χ1) is 11.4. The predicted molar refractivity (Wildman–Crippen MR) is 99.8 cm³/mol. The average molecular weight is 324 g/mol. The van der Waals surface area contributed by atoms with Crippen LogP contribution in [0.15, 0.2) is 54.6 Å². The van der Waals surface area contributed by atoms with Crippen LogP contribution in [0.5, 0.6) is 5.75 Å². The van der Waals surface area contributed by atoms with E-state index >= 15 is 0 Å². The number of amides is 1. The average Bonchev–Trinajstić information content (AvgIpc) is 2.54. The lowest BCUT2D eigenvalue weighted by Crippen LogP contribution is -2.22. The minimum Gasteiger partial charge on any atom is -0.489 e. The van der Waals surface area contributed by atoms with Gasteiger partial charge in [-0.15, -0.1) is 0 Å². The van der Waals surface area contributed by atoms with Crippen molar-refractivity contribution >= 4 is 17.3 Å². The largest absolute Gasteiger partial charge is 0.489 e. The van der Waals surface area contributed by atoms with Crippen molar-refractivity contribution in [2.24, 2.45) is 0 Å². The van der Waals surface area contributed by atoms with Crippen LogP contribution in [-0.4, -0.2) is 19.1 Å². The number of aryl methyl sites for hydroxylation is 2. The number of hydrogen-bond acceptors (Lipinski definition) is 3. The van der Waals surface area contributed by atoms with Crippen molar-refractivity contribution in [3.63, 3.8) is 0 Å². The molecule has 2 N–H and O–H groups in total. The molecule has 1 amide bonds. The molecule has 0 atom stereocenters. The molecule has 0 aliphatic carbocycles. The molecule has 0 bridgehead atoms. The number of rotatable bonds is 7. The Morgan fingerprint density at radius 1 is 1.12 bits per heavy atom. The first-order valence-corrected chi connectivity index (χ1v) is 7.92. The Kier molecular flexibility index (Phi) is 6.01. The van der Waals surface area contributed by atoms with Crippen molar-refractivity contribution in [3.05, 3.63) is 65.7 Å². The molecule has 2 rings (SSSR count). The van der Waals surface area contributed by atoms with Crippen molar-refractivity contribution in [1.82, 2.24) is 0 Å². The van der Waals surface area contributed by atoms with Gasteiger partial charge < -0.3 is 15.4 Å². The second-order valence-corrected chi connectivity index (χ2v) is 5.99. The quantitative estimate of drug-likeness (QED) is 0.746. The zero-order valence-electron chi connectivity index (χ0n) is 14.5. The molecule has 4 nitrogen and oxygen atoms in total. The molecule has 2 aromatic carbocycles. The third-order valence-electron chi connectivity index (χ3n) is 3.45. The van der Waals surface area contributed by atoms with Crippen molar-refractivity contribution < 1.29 is 9.53 Å². The summed E-state index contributed by atoms with van der Waals surface area (Å²) in [5.74, 6) is 0.702. The summed E-state index contributed by atoms with van der Waals surface area (Å²) in [5.41, 5.74) is 4.92. The van der Waals surface area contributed by atoms with Crippen LogP contribution in [0.25, 0.3) is 0 Å². The van der Waals surface area contributed by atoms with E-state index in [0.29, 0.717) is 6.61 Å². The summed E-state index contributed by atoms with van der Waals surface area (Å²) < 4.78 is 5.54. The molecule has 2 aromatic rings. The molecule has 0 heterocycles. The number of carbonyl (C=O) groups excluding carboxylic acids is 1. The van der Waals surface area contributed by atoms with Gasteiger partial charge in [0.25, 0.3) is 0 Å². The Hall–Kier alpha value is -2.75. The maximum absolute atomic E-state index is 12.1. The Balaban J connectivity index is 1.84. The SMILES string of the molecule is C=C(C)COc1ccc(NCC(=O)Nc2ccc(C)cc2C)cc1. The van der Waals surface area contributed by atoms with Crippen molar-refractivity contribution in [3.8, 4) is 5.75 Å². The van der Waals surface area contributed by atoms with Gasteiger partial charge in [-0.25, -0.2) is 0 Å². The third-order valence-corrected chi connectivity index (χ3v) is 3.45. The minimum atomic E-state index is -0.0791. The third kappa shape index (κ3) is 5.47. The molecular weight excluding hydrogens is 300 g/mol. The van der Waals surface area contributed by atoms with E-state index in [0.717, 1.165) is 28.3 Å². The molecule has 0 unspecified atom stereocenters. The van der Waals surface area contributed by atoms with E-state index in [1.807, 2.05) is 63.2 Å². The van der Waals surface area contributed by atoms with E-state index in [2.05, 4.69) is 17.2 Å².